The molecule has 1 aliphatic heterocycles. The van der Waals surface area contributed by atoms with E-state index >= 15 is 0 Å². The van der Waals surface area contributed by atoms with Gasteiger partial charge >= 0.3 is 5.92 Å². The molecule has 1 spiro atoms. The number of pyridine rings is 1. The predicted octanol–water partition coefficient (Wildman–Crippen LogP) is 3.14. The number of nitrogens with one attached hydrogen (secondary N) is 1. The van der Waals surface area contributed by atoms with Gasteiger partial charge in [0.1, 0.15) is 11.6 Å². The third kappa shape index (κ3) is 3.42. The molecule has 3 heterocycles. The molecule has 1 amide bonds. The summed E-state index contributed by atoms with van der Waals surface area (Å²) >= 11 is 0. The molecule has 2 aromatic heterocycles. The number of anilines is 3. The molecule has 0 aromatic carbocycles. The molecule has 0 saturated heterocycles. The molecule has 2 aliphatic rings. The van der Waals surface area contributed by atoms with Crippen molar-refractivity contribution >= 4 is 23.2 Å². The van der Waals surface area contributed by atoms with Gasteiger partial charge < -0.3 is 15.0 Å². The van der Waals surface area contributed by atoms with Crippen molar-refractivity contribution in [2.24, 2.45) is 0 Å². The first kappa shape index (κ1) is 18.7. The molecular formula is C19H21F2N5O2. The Morgan fingerprint density at radius 2 is 2.18 bits per heavy atom. The fraction of sp³-hybridized carbons (Fsp3) is 0.474. The van der Waals surface area contributed by atoms with Crippen LogP contribution in [-0.2, 0) is 20.9 Å². The number of amides is 1. The van der Waals surface area contributed by atoms with Crippen LogP contribution in [0, 0.1) is 0 Å². The van der Waals surface area contributed by atoms with E-state index in [1.165, 1.54) is 13.3 Å². The zero-order chi connectivity index (χ0) is 19.9. The number of halogens is 2. The molecule has 148 valence electrons. The van der Waals surface area contributed by atoms with Crippen molar-refractivity contribution in [3.63, 3.8) is 0 Å². The average molecular weight is 389 g/mol. The molecule has 0 bridgehead atoms. The first-order valence-corrected chi connectivity index (χ1v) is 9.11. The van der Waals surface area contributed by atoms with Gasteiger partial charge in [-0.25, -0.2) is 15.0 Å². The van der Waals surface area contributed by atoms with Gasteiger partial charge in [-0.3, -0.25) is 4.79 Å². The van der Waals surface area contributed by atoms with Crippen LogP contribution in [0.25, 0.3) is 0 Å². The number of hydrogen-bond acceptors (Lipinski definition) is 6. The first-order chi connectivity index (χ1) is 13.3. The quantitative estimate of drug-likeness (QED) is 0.818. The van der Waals surface area contributed by atoms with Crippen LogP contribution in [0.4, 0.5) is 26.1 Å². The minimum Gasteiger partial charge on any atom is -0.384 e. The summed E-state index contributed by atoms with van der Waals surface area (Å²) in [7, 11) is 1.53. The summed E-state index contributed by atoms with van der Waals surface area (Å²) in [6, 6.07) is 3.40. The summed E-state index contributed by atoms with van der Waals surface area (Å²) in [5.41, 5.74) is 1.88. The van der Waals surface area contributed by atoms with Crippen molar-refractivity contribution in [3.05, 3.63) is 35.9 Å². The summed E-state index contributed by atoms with van der Waals surface area (Å²) in [5, 5.41) is 2.75. The number of aromatic nitrogens is 3. The van der Waals surface area contributed by atoms with Crippen LogP contribution in [0.5, 0.6) is 0 Å². The Balaban J connectivity index is 1.66. The normalized spacial score (nSPS) is 16.9. The highest BCUT2D eigenvalue weighted by molar-refractivity contribution is 5.90. The van der Waals surface area contributed by atoms with E-state index < -0.39 is 11.7 Å². The Labute approximate surface area is 161 Å². The SMILES string of the molecule is COCCC(=O)Nc1cc2c(cn1)C1(CC1)CN2c1ccnc(C(C)(F)F)n1. The summed E-state index contributed by atoms with van der Waals surface area (Å²) in [6.07, 6.45) is 5.37. The number of hydrogen-bond donors (Lipinski definition) is 1. The van der Waals surface area contributed by atoms with Crippen LogP contribution in [0.2, 0.25) is 0 Å². The number of rotatable bonds is 6. The minimum atomic E-state index is -3.12. The lowest BCUT2D eigenvalue weighted by molar-refractivity contribution is -0.117. The second kappa shape index (κ2) is 6.73. The molecular weight excluding hydrogens is 368 g/mol. The van der Waals surface area contributed by atoms with Crippen molar-refractivity contribution < 1.29 is 18.3 Å². The highest BCUT2D eigenvalue weighted by Gasteiger charge is 2.52. The fourth-order valence-corrected chi connectivity index (χ4v) is 3.51. The maximum atomic E-state index is 13.7. The summed E-state index contributed by atoms with van der Waals surface area (Å²) < 4.78 is 32.3. The van der Waals surface area contributed by atoms with Gasteiger partial charge in [0.25, 0.3) is 0 Å². The molecule has 1 fully saturated rings. The number of nitrogens with zero attached hydrogens (tertiary/aromatic N) is 4. The maximum Gasteiger partial charge on any atom is 0.303 e. The second-order valence-corrected chi connectivity index (χ2v) is 7.37. The van der Waals surface area contributed by atoms with Crippen LogP contribution in [-0.4, -0.2) is 41.1 Å². The molecule has 2 aromatic rings. The smallest absolute Gasteiger partial charge is 0.303 e. The van der Waals surface area contributed by atoms with Crippen LogP contribution < -0.4 is 10.2 Å². The van der Waals surface area contributed by atoms with E-state index in [1.807, 2.05) is 4.90 Å². The van der Waals surface area contributed by atoms with Crippen LogP contribution in [0.3, 0.4) is 0 Å². The van der Waals surface area contributed by atoms with Gasteiger partial charge in [-0.15, -0.1) is 0 Å². The molecule has 0 radical (unpaired) electrons. The van der Waals surface area contributed by atoms with E-state index in [9.17, 15) is 13.6 Å². The molecule has 9 heteroatoms. The highest BCUT2D eigenvalue weighted by Crippen LogP contribution is 2.58. The summed E-state index contributed by atoms with van der Waals surface area (Å²) in [6.45, 7) is 1.75. The maximum absolute atomic E-state index is 13.7. The van der Waals surface area contributed by atoms with Gasteiger partial charge in [-0.1, -0.05) is 0 Å². The standard InChI is InChI=1S/C19H21F2N5O2/c1-18(20,21)17-22-7-3-15(25-17)26-11-19(5-6-19)12-10-23-14(9-13(12)26)24-16(27)4-8-28-2/h3,7,9-10H,4-6,8,11H2,1-2H3,(H,23,24,27). The molecule has 0 unspecified atom stereocenters. The number of carbonyl (C=O) groups excluding carboxylic acids is 1. The van der Waals surface area contributed by atoms with E-state index in [-0.39, 0.29) is 17.7 Å². The Hall–Kier alpha value is -2.68. The summed E-state index contributed by atoms with van der Waals surface area (Å²) in [4.78, 5) is 26.0. The van der Waals surface area contributed by atoms with E-state index in [0.717, 1.165) is 31.0 Å². The molecule has 7 nitrogen and oxygen atoms in total. The number of fused-ring (bicyclic) bond motifs is 2. The van der Waals surface area contributed by atoms with Gasteiger partial charge in [0.15, 0.2) is 0 Å². The molecule has 1 aliphatic carbocycles. The van der Waals surface area contributed by atoms with E-state index in [4.69, 9.17) is 4.74 Å². The van der Waals surface area contributed by atoms with Crippen molar-refractivity contribution in [3.8, 4) is 0 Å². The minimum absolute atomic E-state index is 0.0131. The monoisotopic (exact) mass is 389 g/mol. The Bertz CT molecular complexity index is 911. The van der Waals surface area contributed by atoms with Crippen LogP contribution in [0.15, 0.2) is 24.5 Å². The van der Waals surface area contributed by atoms with Gasteiger partial charge in [0, 0.05) is 50.0 Å². The van der Waals surface area contributed by atoms with Gasteiger partial charge in [-0.05, 0) is 18.9 Å². The number of methoxy groups -OCH3 is 1. The zero-order valence-electron chi connectivity index (χ0n) is 15.7. The Kier molecular flexibility index (Phi) is 4.49. The number of alkyl halides is 2. The molecule has 4 rings (SSSR count). The third-order valence-corrected chi connectivity index (χ3v) is 5.17. The zero-order valence-corrected chi connectivity index (χ0v) is 15.7. The van der Waals surface area contributed by atoms with E-state index in [1.54, 1.807) is 18.3 Å². The van der Waals surface area contributed by atoms with Gasteiger partial charge in [0.2, 0.25) is 11.7 Å². The highest BCUT2D eigenvalue weighted by atomic mass is 19.3. The van der Waals surface area contributed by atoms with Crippen molar-refractivity contribution in [1.29, 1.82) is 0 Å². The number of carbonyl (C=O) groups is 1. The Morgan fingerprint density at radius 3 is 2.86 bits per heavy atom. The van der Waals surface area contributed by atoms with Gasteiger partial charge in [0.05, 0.1) is 18.7 Å². The molecule has 1 N–H and O–H groups in total. The van der Waals surface area contributed by atoms with Crippen molar-refractivity contribution in [2.75, 3.05) is 30.5 Å². The number of ether oxygens (including phenoxy) is 1. The Morgan fingerprint density at radius 1 is 1.39 bits per heavy atom. The lowest BCUT2D eigenvalue weighted by atomic mass is 10.0. The lowest BCUT2D eigenvalue weighted by Gasteiger charge is -2.20. The molecule has 1 saturated carbocycles. The van der Waals surface area contributed by atoms with Gasteiger partial charge in [-0.2, -0.15) is 8.78 Å². The van der Waals surface area contributed by atoms with Crippen molar-refractivity contribution in [2.45, 2.75) is 37.5 Å². The average Bonchev–Trinajstić information content (AvgIpc) is 3.37. The predicted molar refractivity (Wildman–Crippen MR) is 98.9 cm³/mol. The molecule has 0 atom stereocenters. The third-order valence-electron chi connectivity index (χ3n) is 5.17. The largest absolute Gasteiger partial charge is 0.384 e. The van der Waals surface area contributed by atoms with Crippen LogP contribution >= 0.6 is 0 Å². The molecule has 28 heavy (non-hydrogen) atoms. The van der Waals surface area contributed by atoms with Crippen LogP contribution in [0.1, 0.15) is 37.6 Å². The fourth-order valence-electron chi connectivity index (χ4n) is 3.51. The van der Waals surface area contributed by atoms with E-state index in [2.05, 4.69) is 20.3 Å². The first-order valence-electron chi connectivity index (χ1n) is 9.11. The topological polar surface area (TPSA) is 80.2 Å². The summed E-state index contributed by atoms with van der Waals surface area (Å²) in [5.74, 6) is -2.99. The lowest BCUT2D eigenvalue weighted by Crippen LogP contribution is -2.22. The van der Waals surface area contributed by atoms with Crippen molar-refractivity contribution in [1.82, 2.24) is 15.0 Å². The van der Waals surface area contributed by atoms with E-state index in [0.29, 0.717) is 24.8 Å². The second-order valence-electron chi connectivity index (χ2n) is 7.37.